The number of carbonyl (C=O) groups is 2. The summed E-state index contributed by atoms with van der Waals surface area (Å²) in [5.74, 6) is -0.297. The highest BCUT2D eigenvalue weighted by Crippen LogP contribution is 2.10. The maximum absolute atomic E-state index is 12.0. The van der Waals surface area contributed by atoms with Gasteiger partial charge in [0, 0.05) is 24.7 Å². The normalized spacial score (nSPS) is 9.95. The predicted octanol–water partition coefficient (Wildman–Crippen LogP) is 2.62. The average Bonchev–Trinajstić information content (AvgIpc) is 2.48. The molecule has 0 fully saturated rings. The van der Waals surface area contributed by atoms with Crippen molar-refractivity contribution < 1.29 is 9.59 Å². The number of carbonyl (C=O) groups excluding carboxylic acids is 2. The minimum Gasteiger partial charge on any atom is -0.352 e. The fourth-order valence-electron chi connectivity index (χ4n) is 2.01. The highest BCUT2D eigenvalue weighted by molar-refractivity contribution is 5.96. The second kappa shape index (κ2) is 7.24. The molecule has 2 amide bonds. The van der Waals surface area contributed by atoms with E-state index in [9.17, 15) is 9.59 Å². The quantitative estimate of drug-likeness (QED) is 0.885. The molecule has 0 aliphatic heterocycles. The molecule has 2 aromatic carbocycles. The van der Waals surface area contributed by atoms with Crippen LogP contribution in [0, 0.1) is 0 Å². The first-order valence-corrected chi connectivity index (χ1v) is 6.85. The van der Waals surface area contributed by atoms with Gasteiger partial charge >= 0.3 is 0 Å². The van der Waals surface area contributed by atoms with Crippen LogP contribution in [0.5, 0.6) is 0 Å². The molecule has 0 atom stereocenters. The van der Waals surface area contributed by atoms with Gasteiger partial charge in [-0.05, 0) is 30.2 Å². The number of anilines is 1. The number of nitrogens with one attached hydrogen (secondary N) is 2. The number of hydrogen-bond donors (Lipinski definition) is 2. The lowest BCUT2D eigenvalue weighted by Crippen LogP contribution is -2.25. The van der Waals surface area contributed by atoms with Crippen LogP contribution in [-0.2, 0) is 11.2 Å². The molecule has 0 saturated heterocycles. The third-order valence-corrected chi connectivity index (χ3v) is 2.99. The van der Waals surface area contributed by atoms with Crippen LogP contribution in [-0.4, -0.2) is 18.4 Å². The lowest BCUT2D eigenvalue weighted by atomic mass is 10.1. The highest BCUT2D eigenvalue weighted by atomic mass is 16.2. The second-order valence-corrected chi connectivity index (χ2v) is 4.75. The first kappa shape index (κ1) is 14.8. The van der Waals surface area contributed by atoms with Crippen molar-refractivity contribution in [2.24, 2.45) is 0 Å². The van der Waals surface area contributed by atoms with E-state index in [4.69, 9.17) is 0 Å². The molecule has 0 aliphatic carbocycles. The highest BCUT2D eigenvalue weighted by Gasteiger charge is 2.06. The van der Waals surface area contributed by atoms with E-state index in [2.05, 4.69) is 10.6 Å². The van der Waals surface area contributed by atoms with Crippen molar-refractivity contribution in [1.29, 1.82) is 0 Å². The third-order valence-electron chi connectivity index (χ3n) is 2.99. The molecule has 0 spiro atoms. The molecule has 0 saturated carbocycles. The molecule has 4 nitrogen and oxygen atoms in total. The van der Waals surface area contributed by atoms with E-state index >= 15 is 0 Å². The van der Waals surface area contributed by atoms with Crippen molar-refractivity contribution in [2.75, 3.05) is 11.9 Å². The van der Waals surface area contributed by atoms with Gasteiger partial charge in [-0.15, -0.1) is 0 Å². The third kappa shape index (κ3) is 4.76. The smallest absolute Gasteiger partial charge is 0.251 e. The van der Waals surface area contributed by atoms with E-state index in [1.165, 1.54) is 12.5 Å². The van der Waals surface area contributed by atoms with Crippen LogP contribution in [0.3, 0.4) is 0 Å². The number of hydrogen-bond acceptors (Lipinski definition) is 2. The predicted molar refractivity (Wildman–Crippen MR) is 83.2 cm³/mol. The van der Waals surface area contributed by atoms with Crippen LogP contribution in [0.25, 0.3) is 0 Å². The fourth-order valence-corrected chi connectivity index (χ4v) is 2.01. The van der Waals surface area contributed by atoms with Gasteiger partial charge in [0.2, 0.25) is 5.91 Å². The Hall–Kier alpha value is -2.62. The molecule has 21 heavy (non-hydrogen) atoms. The Bertz CT molecular complexity index is 624. The summed E-state index contributed by atoms with van der Waals surface area (Å²) in [5, 5.41) is 5.54. The van der Waals surface area contributed by atoms with Crippen LogP contribution >= 0.6 is 0 Å². The molecular weight excluding hydrogens is 264 g/mol. The topological polar surface area (TPSA) is 58.2 Å². The largest absolute Gasteiger partial charge is 0.352 e. The lowest BCUT2D eigenvalue weighted by Gasteiger charge is -2.07. The number of rotatable bonds is 5. The van der Waals surface area contributed by atoms with Crippen LogP contribution in [0.15, 0.2) is 54.6 Å². The van der Waals surface area contributed by atoms with Crippen molar-refractivity contribution in [3.8, 4) is 0 Å². The molecule has 0 aliphatic rings. The Morgan fingerprint density at radius 3 is 2.48 bits per heavy atom. The van der Waals surface area contributed by atoms with E-state index < -0.39 is 0 Å². The van der Waals surface area contributed by atoms with E-state index in [0.717, 1.165) is 6.42 Å². The molecule has 2 N–H and O–H groups in total. The van der Waals surface area contributed by atoms with Gasteiger partial charge in [-0.1, -0.05) is 36.4 Å². The molecule has 4 heteroatoms. The zero-order valence-corrected chi connectivity index (χ0v) is 11.9. The number of amides is 2. The maximum Gasteiger partial charge on any atom is 0.251 e. The molecule has 0 radical (unpaired) electrons. The summed E-state index contributed by atoms with van der Waals surface area (Å²) in [6.07, 6.45) is 0.790. The van der Waals surface area contributed by atoms with Crippen molar-refractivity contribution in [2.45, 2.75) is 13.3 Å². The summed E-state index contributed by atoms with van der Waals surface area (Å²) in [4.78, 5) is 23.1. The monoisotopic (exact) mass is 282 g/mol. The van der Waals surface area contributed by atoms with Gasteiger partial charge in [-0.3, -0.25) is 9.59 Å². The Kier molecular flexibility index (Phi) is 5.10. The molecule has 108 valence electrons. The zero-order valence-electron chi connectivity index (χ0n) is 11.9. The lowest BCUT2D eigenvalue weighted by molar-refractivity contribution is -0.114. The average molecular weight is 282 g/mol. The standard InChI is InChI=1S/C17H18N2O2/c1-13(20)19-16-9-5-8-15(12-16)17(21)18-11-10-14-6-3-2-4-7-14/h2-9,12H,10-11H2,1H3,(H,18,21)(H,19,20). The molecule has 2 rings (SSSR count). The van der Waals surface area contributed by atoms with E-state index in [-0.39, 0.29) is 11.8 Å². The molecule has 2 aromatic rings. The van der Waals surface area contributed by atoms with Crippen molar-refractivity contribution in [1.82, 2.24) is 5.32 Å². The van der Waals surface area contributed by atoms with Gasteiger partial charge in [0.25, 0.3) is 5.91 Å². The van der Waals surface area contributed by atoms with Crippen LogP contribution in [0.1, 0.15) is 22.8 Å². The SMILES string of the molecule is CC(=O)Nc1cccc(C(=O)NCCc2ccccc2)c1. The molecule has 0 bridgehead atoms. The molecule has 0 aromatic heterocycles. The molecule has 0 heterocycles. The van der Waals surface area contributed by atoms with E-state index in [0.29, 0.717) is 17.8 Å². The van der Waals surface area contributed by atoms with Crippen molar-refractivity contribution >= 4 is 17.5 Å². The van der Waals surface area contributed by atoms with Crippen LogP contribution < -0.4 is 10.6 Å². The minimum absolute atomic E-state index is 0.141. The van der Waals surface area contributed by atoms with Gasteiger partial charge in [-0.25, -0.2) is 0 Å². The molecular formula is C17H18N2O2. The van der Waals surface area contributed by atoms with E-state index in [1.54, 1.807) is 24.3 Å². The summed E-state index contributed by atoms with van der Waals surface area (Å²) < 4.78 is 0. The summed E-state index contributed by atoms with van der Waals surface area (Å²) in [6, 6.07) is 16.9. The van der Waals surface area contributed by atoms with Gasteiger partial charge in [0.15, 0.2) is 0 Å². The number of benzene rings is 2. The van der Waals surface area contributed by atoms with Gasteiger partial charge in [-0.2, -0.15) is 0 Å². The maximum atomic E-state index is 12.0. The van der Waals surface area contributed by atoms with E-state index in [1.807, 2.05) is 30.3 Å². The van der Waals surface area contributed by atoms with Crippen LogP contribution in [0.4, 0.5) is 5.69 Å². The summed E-state index contributed by atoms with van der Waals surface area (Å²) in [6.45, 7) is 2.01. The summed E-state index contributed by atoms with van der Waals surface area (Å²) in [5.41, 5.74) is 2.34. The van der Waals surface area contributed by atoms with Crippen molar-refractivity contribution in [3.63, 3.8) is 0 Å². The minimum atomic E-state index is -0.156. The first-order valence-electron chi connectivity index (χ1n) is 6.85. The fraction of sp³-hybridized carbons (Fsp3) is 0.176. The van der Waals surface area contributed by atoms with Gasteiger partial charge in [0.05, 0.1) is 0 Å². The summed E-state index contributed by atoms with van der Waals surface area (Å²) in [7, 11) is 0. The Balaban J connectivity index is 1.89. The van der Waals surface area contributed by atoms with Gasteiger partial charge < -0.3 is 10.6 Å². The van der Waals surface area contributed by atoms with Crippen LogP contribution in [0.2, 0.25) is 0 Å². The Labute approximate surface area is 124 Å². The second-order valence-electron chi connectivity index (χ2n) is 4.75. The summed E-state index contributed by atoms with van der Waals surface area (Å²) >= 11 is 0. The Morgan fingerprint density at radius 2 is 1.76 bits per heavy atom. The first-order chi connectivity index (χ1) is 10.1. The Morgan fingerprint density at radius 1 is 1.00 bits per heavy atom. The van der Waals surface area contributed by atoms with Crippen molar-refractivity contribution in [3.05, 3.63) is 65.7 Å². The molecule has 0 unspecified atom stereocenters. The van der Waals surface area contributed by atoms with Gasteiger partial charge in [0.1, 0.15) is 0 Å². The zero-order chi connectivity index (χ0) is 15.1.